The molecular formula is C13H11N3O2. The molecule has 2 N–H and O–H groups in total. The van der Waals surface area contributed by atoms with Gasteiger partial charge in [0.05, 0.1) is 4.92 Å². The maximum absolute atomic E-state index is 11.0. The van der Waals surface area contributed by atoms with E-state index in [2.05, 4.69) is 11.6 Å². The Morgan fingerprint density at radius 1 is 1.28 bits per heavy atom. The molecule has 0 saturated carbocycles. The maximum atomic E-state index is 11.0. The molecular weight excluding hydrogens is 230 g/mol. The van der Waals surface area contributed by atoms with Crippen LogP contribution >= 0.6 is 0 Å². The molecule has 0 aliphatic heterocycles. The van der Waals surface area contributed by atoms with Crippen LogP contribution in [0.4, 0.5) is 11.4 Å². The minimum atomic E-state index is -0.536. The lowest BCUT2D eigenvalue weighted by Crippen LogP contribution is -2.02. The highest BCUT2D eigenvalue weighted by Gasteiger charge is 2.21. The van der Waals surface area contributed by atoms with E-state index in [-0.39, 0.29) is 17.1 Å². The second-order valence-corrected chi connectivity index (χ2v) is 3.70. The third kappa shape index (κ3) is 2.06. The van der Waals surface area contributed by atoms with Crippen LogP contribution in [0.2, 0.25) is 0 Å². The highest BCUT2D eigenvalue weighted by Crippen LogP contribution is 2.31. The SMILES string of the molecule is C=C(c1ccccc1)c1nccc(N)c1[N+](=O)[O-]. The largest absolute Gasteiger partial charge is 0.393 e. The van der Waals surface area contributed by atoms with Crippen molar-refractivity contribution in [3.05, 3.63) is 70.5 Å². The number of anilines is 1. The average molecular weight is 241 g/mol. The van der Waals surface area contributed by atoms with Gasteiger partial charge in [-0.15, -0.1) is 0 Å². The molecule has 0 bridgehead atoms. The van der Waals surface area contributed by atoms with Crippen LogP contribution in [0.5, 0.6) is 0 Å². The summed E-state index contributed by atoms with van der Waals surface area (Å²) in [5, 5.41) is 11.0. The summed E-state index contributed by atoms with van der Waals surface area (Å²) in [4.78, 5) is 14.5. The highest BCUT2D eigenvalue weighted by molar-refractivity contribution is 5.83. The molecule has 0 aliphatic carbocycles. The third-order valence-electron chi connectivity index (χ3n) is 2.55. The van der Waals surface area contributed by atoms with E-state index in [4.69, 9.17) is 5.73 Å². The molecule has 0 radical (unpaired) electrons. The number of pyridine rings is 1. The number of benzene rings is 1. The van der Waals surface area contributed by atoms with E-state index >= 15 is 0 Å². The van der Waals surface area contributed by atoms with Gasteiger partial charge in [0.25, 0.3) is 0 Å². The Balaban J connectivity index is 2.56. The van der Waals surface area contributed by atoms with E-state index in [1.54, 1.807) is 0 Å². The molecule has 2 rings (SSSR count). The lowest BCUT2D eigenvalue weighted by atomic mass is 10.0. The minimum Gasteiger partial charge on any atom is -0.393 e. The number of hydrogen-bond donors (Lipinski definition) is 1. The monoisotopic (exact) mass is 241 g/mol. The zero-order valence-corrected chi connectivity index (χ0v) is 9.54. The van der Waals surface area contributed by atoms with Crippen molar-refractivity contribution in [2.45, 2.75) is 0 Å². The number of hydrogen-bond acceptors (Lipinski definition) is 4. The Bertz CT molecular complexity index is 609. The van der Waals surface area contributed by atoms with Crippen molar-refractivity contribution in [3.8, 4) is 0 Å². The second kappa shape index (κ2) is 4.67. The standard InChI is InChI=1S/C13H11N3O2/c1-9(10-5-3-2-4-6-10)12-13(16(17)18)11(14)7-8-15-12/h2-8H,1H2,(H2,14,15). The number of nitrogens with zero attached hydrogens (tertiary/aromatic N) is 2. The molecule has 0 unspecified atom stereocenters. The summed E-state index contributed by atoms with van der Waals surface area (Å²) >= 11 is 0. The van der Waals surface area contributed by atoms with Crippen molar-refractivity contribution in [1.82, 2.24) is 4.98 Å². The minimum absolute atomic E-state index is 0.0853. The van der Waals surface area contributed by atoms with Gasteiger partial charge in [-0.05, 0) is 11.6 Å². The molecule has 5 nitrogen and oxygen atoms in total. The maximum Gasteiger partial charge on any atom is 0.318 e. The van der Waals surface area contributed by atoms with Gasteiger partial charge in [-0.25, -0.2) is 4.98 Å². The molecule has 0 amide bonds. The zero-order chi connectivity index (χ0) is 13.1. The van der Waals surface area contributed by atoms with Crippen molar-refractivity contribution in [1.29, 1.82) is 0 Å². The van der Waals surface area contributed by atoms with Gasteiger partial charge in [0.15, 0.2) is 0 Å². The van der Waals surface area contributed by atoms with Crippen molar-refractivity contribution in [2.75, 3.05) is 5.73 Å². The molecule has 5 heteroatoms. The van der Waals surface area contributed by atoms with E-state index in [1.807, 2.05) is 30.3 Å². The van der Waals surface area contributed by atoms with Crippen molar-refractivity contribution in [2.24, 2.45) is 0 Å². The van der Waals surface area contributed by atoms with Crippen LogP contribution in [0.25, 0.3) is 5.57 Å². The van der Waals surface area contributed by atoms with Crippen LogP contribution in [-0.2, 0) is 0 Å². The van der Waals surface area contributed by atoms with E-state index in [0.29, 0.717) is 5.57 Å². The molecule has 18 heavy (non-hydrogen) atoms. The molecule has 0 spiro atoms. The topological polar surface area (TPSA) is 82.0 Å². The van der Waals surface area contributed by atoms with Crippen LogP contribution in [-0.4, -0.2) is 9.91 Å². The van der Waals surface area contributed by atoms with Gasteiger partial charge >= 0.3 is 5.69 Å². The third-order valence-corrected chi connectivity index (χ3v) is 2.55. The van der Waals surface area contributed by atoms with Crippen molar-refractivity contribution >= 4 is 16.9 Å². The lowest BCUT2D eigenvalue weighted by Gasteiger charge is -2.07. The van der Waals surface area contributed by atoms with Crippen LogP contribution in [0.1, 0.15) is 11.3 Å². The van der Waals surface area contributed by atoms with Gasteiger partial charge in [-0.2, -0.15) is 0 Å². The Labute approximate surface area is 104 Å². The molecule has 0 saturated heterocycles. The average Bonchev–Trinajstić information content (AvgIpc) is 2.38. The zero-order valence-electron chi connectivity index (χ0n) is 9.54. The van der Waals surface area contributed by atoms with E-state index in [1.165, 1.54) is 12.3 Å². The normalized spacial score (nSPS) is 10.0. The van der Waals surface area contributed by atoms with Gasteiger partial charge in [0.2, 0.25) is 0 Å². The van der Waals surface area contributed by atoms with Crippen molar-refractivity contribution < 1.29 is 4.92 Å². The Hall–Kier alpha value is -2.69. The molecule has 1 aromatic heterocycles. The molecule has 0 atom stereocenters. The van der Waals surface area contributed by atoms with Gasteiger partial charge in [0.1, 0.15) is 11.4 Å². The summed E-state index contributed by atoms with van der Waals surface area (Å²) in [5.74, 6) is 0. The summed E-state index contributed by atoms with van der Waals surface area (Å²) in [5.41, 5.74) is 6.96. The fourth-order valence-electron chi connectivity index (χ4n) is 1.66. The Morgan fingerprint density at radius 3 is 2.56 bits per heavy atom. The van der Waals surface area contributed by atoms with Crippen LogP contribution < -0.4 is 5.73 Å². The molecule has 1 aromatic carbocycles. The first-order valence-corrected chi connectivity index (χ1v) is 5.25. The second-order valence-electron chi connectivity index (χ2n) is 3.70. The Morgan fingerprint density at radius 2 is 1.94 bits per heavy atom. The summed E-state index contributed by atoms with van der Waals surface area (Å²) in [6.45, 7) is 3.86. The fourth-order valence-corrected chi connectivity index (χ4v) is 1.66. The lowest BCUT2D eigenvalue weighted by molar-refractivity contribution is -0.384. The van der Waals surface area contributed by atoms with Crippen LogP contribution in [0.15, 0.2) is 49.2 Å². The summed E-state index contributed by atoms with van der Waals surface area (Å²) < 4.78 is 0. The van der Waals surface area contributed by atoms with Gasteiger partial charge < -0.3 is 5.73 Å². The van der Waals surface area contributed by atoms with Crippen molar-refractivity contribution in [3.63, 3.8) is 0 Å². The molecule has 90 valence electrons. The number of aromatic nitrogens is 1. The molecule has 0 fully saturated rings. The number of rotatable bonds is 3. The van der Waals surface area contributed by atoms with E-state index in [0.717, 1.165) is 5.56 Å². The smallest absolute Gasteiger partial charge is 0.318 e. The van der Waals surface area contributed by atoms with Gasteiger partial charge in [0, 0.05) is 11.8 Å². The molecule has 2 aromatic rings. The number of nitrogen functional groups attached to an aromatic ring is 1. The first kappa shape index (κ1) is 11.8. The van der Waals surface area contributed by atoms with Gasteiger partial charge in [-0.1, -0.05) is 36.9 Å². The van der Waals surface area contributed by atoms with E-state index < -0.39 is 4.92 Å². The predicted molar refractivity (Wildman–Crippen MR) is 69.9 cm³/mol. The number of nitrogens with two attached hydrogens (primary N) is 1. The van der Waals surface area contributed by atoms with Crippen LogP contribution in [0, 0.1) is 10.1 Å². The quantitative estimate of drug-likeness (QED) is 0.661. The highest BCUT2D eigenvalue weighted by atomic mass is 16.6. The fraction of sp³-hybridized carbons (Fsp3) is 0. The summed E-state index contributed by atoms with van der Waals surface area (Å²) in [6.07, 6.45) is 1.44. The van der Waals surface area contributed by atoms with Crippen LogP contribution in [0.3, 0.4) is 0 Å². The van der Waals surface area contributed by atoms with Gasteiger partial charge in [-0.3, -0.25) is 10.1 Å². The predicted octanol–water partition coefficient (Wildman–Crippen LogP) is 2.63. The summed E-state index contributed by atoms with van der Waals surface area (Å²) in [7, 11) is 0. The number of nitro groups is 1. The molecule has 0 aliphatic rings. The molecule has 1 heterocycles. The first-order valence-electron chi connectivity index (χ1n) is 5.25. The first-order chi connectivity index (χ1) is 8.61. The summed E-state index contributed by atoms with van der Waals surface area (Å²) in [6, 6.07) is 10.6. The Kier molecular flexibility index (Phi) is 3.05. The van der Waals surface area contributed by atoms with E-state index in [9.17, 15) is 10.1 Å².